The molecule has 0 atom stereocenters. The molecule has 0 spiro atoms. The normalized spacial score (nSPS) is 11.7. The minimum Gasteiger partial charge on any atom is -0.469 e. The van der Waals surface area contributed by atoms with Gasteiger partial charge in [-0.05, 0) is 29.2 Å². The predicted molar refractivity (Wildman–Crippen MR) is 80.3 cm³/mol. The molecular weight excluding hydrogens is 234 g/mol. The second-order valence-electron chi connectivity index (χ2n) is 6.72. The molecule has 0 aliphatic carbocycles. The Balaban J connectivity index is 0.000000191. The standard InChI is InChI=1S/C9H13N.C8H12O/c1-9(2,3)8-5-4-6-10-7-8;1-8(2,3)7-5-4-6-9-7/h4-7H,1-3H3;4-6H,1-3H3. The minimum absolute atomic E-state index is 0.156. The molecular formula is C17H25NO. The Morgan fingerprint density at radius 2 is 1.58 bits per heavy atom. The Morgan fingerprint density at radius 1 is 0.895 bits per heavy atom. The fourth-order valence-electron chi connectivity index (χ4n) is 1.51. The number of aromatic nitrogens is 1. The van der Waals surface area contributed by atoms with E-state index in [0.29, 0.717) is 0 Å². The fourth-order valence-corrected chi connectivity index (χ4v) is 1.51. The van der Waals surface area contributed by atoms with Crippen molar-refractivity contribution in [1.82, 2.24) is 4.98 Å². The van der Waals surface area contributed by atoms with Crippen LogP contribution in [0.2, 0.25) is 0 Å². The average Bonchev–Trinajstić information content (AvgIpc) is 2.83. The van der Waals surface area contributed by atoms with Crippen LogP contribution in [0.15, 0.2) is 47.3 Å². The Labute approximate surface area is 116 Å². The van der Waals surface area contributed by atoms with E-state index in [4.69, 9.17) is 4.42 Å². The van der Waals surface area contributed by atoms with Crippen molar-refractivity contribution in [2.24, 2.45) is 0 Å². The van der Waals surface area contributed by atoms with Crippen LogP contribution in [0.4, 0.5) is 0 Å². The van der Waals surface area contributed by atoms with Crippen LogP contribution >= 0.6 is 0 Å². The highest BCUT2D eigenvalue weighted by Crippen LogP contribution is 2.21. The van der Waals surface area contributed by atoms with Gasteiger partial charge in [0, 0.05) is 17.8 Å². The Kier molecular flexibility index (Phi) is 4.93. The summed E-state index contributed by atoms with van der Waals surface area (Å²) in [5, 5.41) is 0. The Morgan fingerprint density at radius 3 is 1.84 bits per heavy atom. The van der Waals surface area contributed by atoms with E-state index in [1.165, 1.54) is 5.56 Å². The second kappa shape index (κ2) is 6.05. The first kappa shape index (κ1) is 15.5. The van der Waals surface area contributed by atoms with Crippen molar-refractivity contribution in [3.8, 4) is 0 Å². The van der Waals surface area contributed by atoms with E-state index < -0.39 is 0 Å². The number of rotatable bonds is 0. The van der Waals surface area contributed by atoms with Crippen molar-refractivity contribution < 1.29 is 4.42 Å². The summed E-state index contributed by atoms with van der Waals surface area (Å²) in [6.45, 7) is 12.9. The molecule has 0 aromatic carbocycles. The van der Waals surface area contributed by atoms with E-state index in [-0.39, 0.29) is 10.8 Å². The molecule has 2 heterocycles. The zero-order valence-corrected chi connectivity index (χ0v) is 12.9. The lowest BCUT2D eigenvalue weighted by molar-refractivity contribution is 0.409. The molecule has 2 aromatic heterocycles. The molecule has 104 valence electrons. The fraction of sp³-hybridized carbons (Fsp3) is 0.471. The van der Waals surface area contributed by atoms with Crippen LogP contribution in [0, 0.1) is 0 Å². The maximum atomic E-state index is 5.20. The lowest BCUT2D eigenvalue weighted by Gasteiger charge is -2.17. The maximum absolute atomic E-state index is 5.20. The first-order valence-corrected chi connectivity index (χ1v) is 6.66. The molecule has 2 heteroatoms. The highest BCUT2D eigenvalue weighted by atomic mass is 16.3. The van der Waals surface area contributed by atoms with Crippen molar-refractivity contribution in [2.75, 3.05) is 0 Å². The van der Waals surface area contributed by atoms with Crippen LogP contribution in [-0.2, 0) is 10.8 Å². The molecule has 2 nitrogen and oxygen atoms in total. The van der Waals surface area contributed by atoms with Crippen LogP contribution in [-0.4, -0.2) is 4.98 Å². The van der Waals surface area contributed by atoms with Crippen molar-refractivity contribution in [1.29, 1.82) is 0 Å². The molecule has 0 unspecified atom stereocenters. The van der Waals surface area contributed by atoms with Gasteiger partial charge in [-0.15, -0.1) is 0 Å². The molecule has 0 aliphatic rings. The van der Waals surface area contributed by atoms with Gasteiger partial charge < -0.3 is 4.42 Å². The van der Waals surface area contributed by atoms with Crippen molar-refractivity contribution in [3.63, 3.8) is 0 Å². The molecule has 0 fully saturated rings. The molecule has 0 saturated carbocycles. The predicted octanol–water partition coefficient (Wildman–Crippen LogP) is 4.96. The summed E-state index contributed by atoms with van der Waals surface area (Å²) in [6.07, 6.45) is 5.43. The number of nitrogens with zero attached hydrogens (tertiary/aromatic N) is 1. The summed E-state index contributed by atoms with van der Waals surface area (Å²) in [5.41, 5.74) is 1.67. The highest BCUT2D eigenvalue weighted by Gasteiger charge is 2.15. The van der Waals surface area contributed by atoms with Gasteiger partial charge >= 0.3 is 0 Å². The van der Waals surface area contributed by atoms with Crippen LogP contribution in [0.1, 0.15) is 52.9 Å². The van der Waals surface area contributed by atoms with Crippen molar-refractivity contribution in [2.45, 2.75) is 52.4 Å². The van der Waals surface area contributed by atoms with Gasteiger partial charge in [-0.25, -0.2) is 0 Å². The molecule has 0 aliphatic heterocycles. The molecule has 2 rings (SSSR count). The van der Waals surface area contributed by atoms with Gasteiger partial charge in [0.25, 0.3) is 0 Å². The van der Waals surface area contributed by atoms with Crippen molar-refractivity contribution in [3.05, 3.63) is 54.2 Å². The first-order valence-electron chi connectivity index (χ1n) is 6.66. The molecule has 0 radical (unpaired) electrons. The zero-order chi connectivity index (χ0) is 14.5. The summed E-state index contributed by atoms with van der Waals surface area (Å²) < 4.78 is 5.20. The number of hydrogen-bond acceptors (Lipinski definition) is 2. The molecule has 2 aromatic rings. The summed E-state index contributed by atoms with van der Waals surface area (Å²) in [5.74, 6) is 1.04. The van der Waals surface area contributed by atoms with Gasteiger partial charge in [-0.2, -0.15) is 0 Å². The first-order chi connectivity index (χ1) is 8.71. The van der Waals surface area contributed by atoms with E-state index >= 15 is 0 Å². The summed E-state index contributed by atoms with van der Waals surface area (Å²) in [7, 11) is 0. The third kappa shape index (κ3) is 5.29. The summed E-state index contributed by atoms with van der Waals surface area (Å²) in [4.78, 5) is 4.05. The lowest BCUT2D eigenvalue weighted by Crippen LogP contribution is -2.10. The molecule has 0 saturated heterocycles. The van der Waals surface area contributed by atoms with E-state index in [1.807, 2.05) is 24.4 Å². The second-order valence-corrected chi connectivity index (χ2v) is 6.72. The van der Waals surface area contributed by atoms with E-state index in [9.17, 15) is 0 Å². The van der Waals surface area contributed by atoms with Gasteiger partial charge in [0.05, 0.1) is 6.26 Å². The smallest absolute Gasteiger partial charge is 0.109 e. The summed E-state index contributed by atoms with van der Waals surface area (Å²) >= 11 is 0. The van der Waals surface area contributed by atoms with Gasteiger partial charge in [-0.3, -0.25) is 4.98 Å². The third-order valence-electron chi connectivity index (χ3n) is 2.79. The number of hydrogen-bond donors (Lipinski definition) is 0. The molecule has 0 amide bonds. The van der Waals surface area contributed by atoms with Crippen LogP contribution in [0.3, 0.4) is 0 Å². The summed E-state index contributed by atoms with van der Waals surface area (Å²) in [6, 6.07) is 7.99. The maximum Gasteiger partial charge on any atom is 0.109 e. The third-order valence-corrected chi connectivity index (χ3v) is 2.79. The highest BCUT2D eigenvalue weighted by molar-refractivity contribution is 5.17. The van der Waals surface area contributed by atoms with E-state index in [0.717, 1.165) is 5.76 Å². The largest absolute Gasteiger partial charge is 0.469 e. The SMILES string of the molecule is CC(C)(C)c1cccnc1.CC(C)(C)c1ccco1. The van der Waals surface area contributed by atoms with Crippen LogP contribution in [0.25, 0.3) is 0 Å². The van der Waals surface area contributed by atoms with Crippen molar-refractivity contribution >= 4 is 0 Å². The van der Waals surface area contributed by atoms with Gasteiger partial charge in [-0.1, -0.05) is 47.6 Å². The molecule has 19 heavy (non-hydrogen) atoms. The topological polar surface area (TPSA) is 26.0 Å². The van der Waals surface area contributed by atoms with Crippen LogP contribution < -0.4 is 0 Å². The Bertz CT molecular complexity index is 458. The molecule has 0 bridgehead atoms. The monoisotopic (exact) mass is 259 g/mol. The van der Waals surface area contributed by atoms with Gasteiger partial charge in [0.15, 0.2) is 0 Å². The minimum atomic E-state index is 0.156. The van der Waals surface area contributed by atoms with Gasteiger partial charge in [0.1, 0.15) is 5.76 Å². The van der Waals surface area contributed by atoms with E-state index in [2.05, 4.69) is 52.6 Å². The zero-order valence-electron chi connectivity index (χ0n) is 12.9. The Hall–Kier alpha value is -1.57. The lowest BCUT2D eigenvalue weighted by atomic mass is 9.88. The van der Waals surface area contributed by atoms with Crippen LogP contribution in [0.5, 0.6) is 0 Å². The number of pyridine rings is 1. The molecule has 0 N–H and O–H groups in total. The van der Waals surface area contributed by atoms with E-state index in [1.54, 1.807) is 12.5 Å². The van der Waals surface area contributed by atoms with Gasteiger partial charge in [0.2, 0.25) is 0 Å². The average molecular weight is 259 g/mol. The number of furan rings is 1. The quantitative estimate of drug-likeness (QED) is 0.668.